The van der Waals surface area contributed by atoms with E-state index in [0.29, 0.717) is 6.10 Å². The normalized spacial score (nSPS) is 37.1. The Balaban J connectivity index is 1.57. The first kappa shape index (κ1) is 10.8. The molecule has 1 unspecified atom stereocenters. The number of thioether (sulfide) groups is 1. The molecule has 0 spiro atoms. The highest BCUT2D eigenvalue weighted by Gasteiger charge is 2.26. The van der Waals surface area contributed by atoms with Gasteiger partial charge in [-0.05, 0) is 31.6 Å². The van der Waals surface area contributed by atoms with Gasteiger partial charge in [-0.3, -0.25) is 0 Å². The van der Waals surface area contributed by atoms with E-state index in [2.05, 4.69) is 6.92 Å². The first-order valence-electron chi connectivity index (χ1n) is 6.11. The van der Waals surface area contributed by atoms with Crippen LogP contribution < -0.4 is 0 Å². The average Bonchev–Trinajstić information content (AvgIpc) is 3.01. The molecule has 1 heterocycles. The number of rotatable bonds is 5. The van der Waals surface area contributed by atoms with E-state index in [1.807, 2.05) is 11.8 Å². The van der Waals surface area contributed by atoms with Crippen molar-refractivity contribution in [1.82, 2.24) is 0 Å². The summed E-state index contributed by atoms with van der Waals surface area (Å²) < 4.78 is 5.91. The molecule has 0 bridgehead atoms. The zero-order valence-electron chi connectivity index (χ0n) is 9.21. The summed E-state index contributed by atoms with van der Waals surface area (Å²) in [7, 11) is 0. The van der Waals surface area contributed by atoms with Gasteiger partial charge in [0, 0.05) is 11.0 Å². The Labute approximate surface area is 92.0 Å². The lowest BCUT2D eigenvalue weighted by molar-refractivity contribution is 0.0216. The van der Waals surface area contributed by atoms with E-state index in [9.17, 15) is 0 Å². The third-order valence-corrected chi connectivity index (χ3v) is 4.35. The van der Waals surface area contributed by atoms with E-state index in [4.69, 9.17) is 4.74 Å². The second-order valence-electron chi connectivity index (χ2n) is 4.72. The molecular formula is C12H22OS. The number of hydrogen-bond acceptors (Lipinski definition) is 2. The van der Waals surface area contributed by atoms with Crippen molar-refractivity contribution in [3.8, 4) is 0 Å². The molecule has 14 heavy (non-hydrogen) atoms. The van der Waals surface area contributed by atoms with Gasteiger partial charge in [-0.2, -0.15) is 11.8 Å². The van der Waals surface area contributed by atoms with Gasteiger partial charge in [0.1, 0.15) is 0 Å². The SMILES string of the molecule is CCCC1CCC(OCC2CS2)CC1. The van der Waals surface area contributed by atoms with Crippen molar-refractivity contribution in [2.24, 2.45) is 5.92 Å². The van der Waals surface area contributed by atoms with E-state index in [1.54, 1.807) is 0 Å². The van der Waals surface area contributed by atoms with Gasteiger partial charge in [0.15, 0.2) is 0 Å². The molecule has 2 fully saturated rings. The maximum absolute atomic E-state index is 5.91. The van der Waals surface area contributed by atoms with Crippen molar-refractivity contribution in [3.05, 3.63) is 0 Å². The fraction of sp³-hybridized carbons (Fsp3) is 1.00. The van der Waals surface area contributed by atoms with Gasteiger partial charge in [0.05, 0.1) is 12.7 Å². The van der Waals surface area contributed by atoms with Gasteiger partial charge in [-0.15, -0.1) is 0 Å². The molecule has 0 radical (unpaired) electrons. The molecule has 1 saturated carbocycles. The Morgan fingerprint density at radius 1 is 1.21 bits per heavy atom. The minimum absolute atomic E-state index is 0.601. The van der Waals surface area contributed by atoms with Gasteiger partial charge in [-0.1, -0.05) is 19.8 Å². The zero-order valence-corrected chi connectivity index (χ0v) is 10.0. The summed E-state index contributed by atoms with van der Waals surface area (Å²) in [4.78, 5) is 0. The predicted molar refractivity (Wildman–Crippen MR) is 62.9 cm³/mol. The molecule has 2 aliphatic rings. The van der Waals surface area contributed by atoms with E-state index in [0.717, 1.165) is 17.8 Å². The fourth-order valence-electron chi connectivity index (χ4n) is 2.40. The van der Waals surface area contributed by atoms with Crippen LogP contribution in [0.15, 0.2) is 0 Å². The maximum Gasteiger partial charge on any atom is 0.0596 e. The number of hydrogen-bond donors (Lipinski definition) is 0. The fourth-order valence-corrected chi connectivity index (χ4v) is 2.81. The van der Waals surface area contributed by atoms with Gasteiger partial charge < -0.3 is 4.74 Å². The van der Waals surface area contributed by atoms with Crippen molar-refractivity contribution >= 4 is 11.8 Å². The first-order chi connectivity index (χ1) is 6.88. The third-order valence-electron chi connectivity index (χ3n) is 3.41. The summed E-state index contributed by atoms with van der Waals surface area (Å²) in [5.41, 5.74) is 0. The number of ether oxygens (including phenoxy) is 1. The van der Waals surface area contributed by atoms with Gasteiger partial charge in [-0.25, -0.2) is 0 Å². The van der Waals surface area contributed by atoms with Crippen LogP contribution in [0, 0.1) is 5.92 Å². The van der Waals surface area contributed by atoms with E-state index in [-0.39, 0.29) is 0 Å². The summed E-state index contributed by atoms with van der Waals surface area (Å²) in [6.07, 6.45) is 8.86. The average molecular weight is 214 g/mol. The van der Waals surface area contributed by atoms with Crippen LogP contribution in [0.25, 0.3) is 0 Å². The molecule has 0 aromatic heterocycles. The van der Waals surface area contributed by atoms with Crippen LogP contribution in [0.5, 0.6) is 0 Å². The summed E-state index contributed by atoms with van der Waals surface area (Å²) >= 11 is 2.04. The second-order valence-corrected chi connectivity index (χ2v) is 6.05. The highest BCUT2D eigenvalue weighted by atomic mass is 32.2. The molecule has 1 saturated heterocycles. The summed E-state index contributed by atoms with van der Waals surface area (Å²) in [5.74, 6) is 2.35. The lowest BCUT2D eigenvalue weighted by atomic mass is 9.85. The Bertz CT molecular complexity index is 160. The molecule has 0 aromatic rings. The molecule has 0 N–H and O–H groups in total. The molecule has 1 aliphatic heterocycles. The van der Waals surface area contributed by atoms with E-state index in [1.165, 1.54) is 44.3 Å². The summed E-state index contributed by atoms with van der Waals surface area (Å²) in [6.45, 7) is 3.32. The smallest absolute Gasteiger partial charge is 0.0596 e. The van der Waals surface area contributed by atoms with Crippen LogP contribution in [0.2, 0.25) is 0 Å². The molecule has 0 aromatic carbocycles. The van der Waals surface area contributed by atoms with Crippen molar-refractivity contribution in [2.45, 2.75) is 56.8 Å². The van der Waals surface area contributed by atoms with Crippen LogP contribution in [0.1, 0.15) is 45.4 Å². The molecule has 1 aliphatic carbocycles. The highest BCUT2D eigenvalue weighted by molar-refractivity contribution is 8.06. The monoisotopic (exact) mass is 214 g/mol. The van der Waals surface area contributed by atoms with Crippen LogP contribution in [-0.2, 0) is 4.74 Å². The van der Waals surface area contributed by atoms with Crippen LogP contribution >= 0.6 is 11.8 Å². The molecule has 0 amide bonds. The van der Waals surface area contributed by atoms with Crippen molar-refractivity contribution in [2.75, 3.05) is 12.4 Å². The molecular weight excluding hydrogens is 192 g/mol. The standard InChI is InChI=1S/C12H22OS/c1-2-3-10-4-6-11(7-5-10)13-8-12-9-14-12/h10-12H,2-9H2,1H3. The highest BCUT2D eigenvalue weighted by Crippen LogP contribution is 2.33. The minimum atomic E-state index is 0.601. The Kier molecular flexibility index (Phi) is 4.18. The summed E-state index contributed by atoms with van der Waals surface area (Å²) in [6, 6.07) is 0. The molecule has 82 valence electrons. The lowest BCUT2D eigenvalue weighted by Crippen LogP contribution is -2.23. The largest absolute Gasteiger partial charge is 0.377 e. The topological polar surface area (TPSA) is 9.23 Å². The molecule has 2 rings (SSSR count). The quantitative estimate of drug-likeness (QED) is 0.648. The third kappa shape index (κ3) is 3.47. The van der Waals surface area contributed by atoms with Crippen LogP contribution in [0.4, 0.5) is 0 Å². The molecule has 1 nitrogen and oxygen atoms in total. The van der Waals surface area contributed by atoms with Crippen molar-refractivity contribution in [1.29, 1.82) is 0 Å². The Morgan fingerprint density at radius 3 is 2.50 bits per heavy atom. The van der Waals surface area contributed by atoms with Gasteiger partial charge >= 0.3 is 0 Å². The summed E-state index contributed by atoms with van der Waals surface area (Å²) in [5, 5.41) is 0.850. The van der Waals surface area contributed by atoms with Crippen LogP contribution in [0.3, 0.4) is 0 Å². The molecule has 1 atom stereocenters. The van der Waals surface area contributed by atoms with Crippen LogP contribution in [-0.4, -0.2) is 23.7 Å². The zero-order chi connectivity index (χ0) is 9.80. The Morgan fingerprint density at radius 2 is 1.93 bits per heavy atom. The lowest BCUT2D eigenvalue weighted by Gasteiger charge is -2.28. The maximum atomic E-state index is 5.91. The second kappa shape index (κ2) is 5.41. The van der Waals surface area contributed by atoms with Crippen molar-refractivity contribution in [3.63, 3.8) is 0 Å². The first-order valence-corrected chi connectivity index (χ1v) is 7.16. The minimum Gasteiger partial charge on any atom is -0.377 e. The van der Waals surface area contributed by atoms with Crippen molar-refractivity contribution < 1.29 is 4.74 Å². The van der Waals surface area contributed by atoms with E-state index < -0.39 is 0 Å². The van der Waals surface area contributed by atoms with E-state index >= 15 is 0 Å². The predicted octanol–water partition coefficient (Wildman–Crippen LogP) is 3.48. The molecule has 2 heteroatoms. The Hall–Kier alpha value is 0.310. The van der Waals surface area contributed by atoms with Gasteiger partial charge in [0.2, 0.25) is 0 Å². The van der Waals surface area contributed by atoms with Gasteiger partial charge in [0.25, 0.3) is 0 Å².